The second kappa shape index (κ2) is 10.0. The van der Waals surface area contributed by atoms with E-state index in [-0.39, 0.29) is 30.9 Å². The van der Waals surface area contributed by atoms with E-state index in [1.54, 1.807) is 18.2 Å². The molecule has 0 bridgehead atoms. The molecule has 0 saturated carbocycles. The van der Waals surface area contributed by atoms with Gasteiger partial charge in [0.15, 0.2) is 0 Å². The number of benzene rings is 1. The molecule has 1 aliphatic heterocycles. The predicted octanol–water partition coefficient (Wildman–Crippen LogP) is 3.21. The Morgan fingerprint density at radius 2 is 2.25 bits per heavy atom. The van der Waals surface area contributed by atoms with Crippen molar-refractivity contribution in [3.05, 3.63) is 30.1 Å². The Hall–Kier alpha value is -1.11. The number of halogens is 1. The van der Waals surface area contributed by atoms with Crippen LogP contribution in [-0.4, -0.2) is 55.6 Å². The Morgan fingerprint density at radius 3 is 3.00 bits per heavy atom. The summed E-state index contributed by atoms with van der Waals surface area (Å²) >= 11 is 1.33. The van der Waals surface area contributed by atoms with E-state index in [2.05, 4.69) is 18.7 Å². The second-order valence-corrected chi connectivity index (χ2v) is 7.49. The second-order valence-electron chi connectivity index (χ2n) is 6.36. The molecule has 1 unspecified atom stereocenters. The molecule has 0 amide bonds. The number of morpholine rings is 1. The van der Waals surface area contributed by atoms with Crippen LogP contribution in [0, 0.1) is 11.7 Å². The lowest BCUT2D eigenvalue weighted by Gasteiger charge is -2.33. The van der Waals surface area contributed by atoms with Crippen LogP contribution in [0.15, 0.2) is 29.2 Å². The maximum Gasteiger partial charge on any atom is 0.306 e. The summed E-state index contributed by atoms with van der Waals surface area (Å²) in [5, 5.41) is 0. The zero-order valence-corrected chi connectivity index (χ0v) is 15.2. The van der Waals surface area contributed by atoms with Crippen LogP contribution in [0.25, 0.3) is 0 Å². The summed E-state index contributed by atoms with van der Waals surface area (Å²) in [7, 11) is 0. The normalized spacial score (nSPS) is 18.8. The first kappa shape index (κ1) is 19.2. The van der Waals surface area contributed by atoms with Gasteiger partial charge in [-0.3, -0.25) is 9.69 Å². The van der Waals surface area contributed by atoms with E-state index in [0.29, 0.717) is 23.2 Å². The standard InChI is InChI=1S/C18H26FNO3S/c1-14(2)11-20-8-9-22-15(12-20)13-23-18(21)7-10-24-17-6-4-3-5-16(17)19/h3-6,14-15H,7-13H2,1-2H3. The highest BCUT2D eigenvalue weighted by Gasteiger charge is 2.22. The van der Waals surface area contributed by atoms with Crippen molar-refractivity contribution in [1.82, 2.24) is 4.90 Å². The van der Waals surface area contributed by atoms with Crippen molar-refractivity contribution in [3.63, 3.8) is 0 Å². The molecule has 1 aliphatic rings. The molecule has 134 valence electrons. The molecule has 1 aromatic rings. The van der Waals surface area contributed by atoms with Crippen LogP contribution in [0.4, 0.5) is 4.39 Å². The number of hydrogen-bond donors (Lipinski definition) is 0. The first-order valence-electron chi connectivity index (χ1n) is 8.41. The van der Waals surface area contributed by atoms with Crippen LogP contribution in [-0.2, 0) is 14.3 Å². The molecule has 1 heterocycles. The van der Waals surface area contributed by atoms with Gasteiger partial charge in [0.25, 0.3) is 0 Å². The van der Waals surface area contributed by atoms with Gasteiger partial charge in [-0.25, -0.2) is 4.39 Å². The largest absolute Gasteiger partial charge is 0.463 e. The Bertz CT molecular complexity index is 527. The lowest BCUT2D eigenvalue weighted by Crippen LogP contribution is -2.45. The minimum Gasteiger partial charge on any atom is -0.463 e. The molecule has 24 heavy (non-hydrogen) atoms. The van der Waals surface area contributed by atoms with Crippen molar-refractivity contribution in [2.24, 2.45) is 5.92 Å². The lowest BCUT2D eigenvalue weighted by atomic mass is 10.2. The minimum absolute atomic E-state index is 0.0549. The smallest absolute Gasteiger partial charge is 0.306 e. The summed E-state index contributed by atoms with van der Waals surface area (Å²) in [4.78, 5) is 14.7. The molecule has 1 fully saturated rings. The third-order valence-electron chi connectivity index (χ3n) is 3.68. The molecule has 0 N–H and O–H groups in total. The number of carbonyl (C=O) groups excluding carboxylic acids is 1. The average molecular weight is 355 g/mol. The van der Waals surface area contributed by atoms with Crippen molar-refractivity contribution in [1.29, 1.82) is 0 Å². The minimum atomic E-state index is -0.261. The molecule has 0 aromatic heterocycles. The van der Waals surface area contributed by atoms with Gasteiger partial charge in [0, 0.05) is 30.3 Å². The van der Waals surface area contributed by atoms with E-state index in [1.165, 1.54) is 17.8 Å². The van der Waals surface area contributed by atoms with Crippen LogP contribution in [0.5, 0.6) is 0 Å². The van der Waals surface area contributed by atoms with Gasteiger partial charge in [-0.15, -0.1) is 11.8 Å². The van der Waals surface area contributed by atoms with Gasteiger partial charge in [0.1, 0.15) is 18.5 Å². The van der Waals surface area contributed by atoms with Crippen molar-refractivity contribution in [3.8, 4) is 0 Å². The van der Waals surface area contributed by atoms with E-state index in [0.717, 1.165) is 19.6 Å². The van der Waals surface area contributed by atoms with Gasteiger partial charge in [0.05, 0.1) is 13.0 Å². The van der Waals surface area contributed by atoms with Crippen LogP contribution >= 0.6 is 11.8 Å². The first-order valence-corrected chi connectivity index (χ1v) is 9.40. The third-order valence-corrected chi connectivity index (χ3v) is 4.73. The van der Waals surface area contributed by atoms with Crippen LogP contribution in [0.2, 0.25) is 0 Å². The molecule has 6 heteroatoms. The third kappa shape index (κ3) is 6.79. The number of rotatable bonds is 8. The Morgan fingerprint density at radius 1 is 1.46 bits per heavy atom. The fourth-order valence-electron chi connectivity index (χ4n) is 2.63. The summed E-state index contributed by atoms with van der Waals surface area (Å²) in [5.74, 6) is 0.604. The predicted molar refractivity (Wildman–Crippen MR) is 93.7 cm³/mol. The molecule has 0 spiro atoms. The Kier molecular flexibility index (Phi) is 8.02. The molecular formula is C18H26FNO3S. The van der Waals surface area contributed by atoms with E-state index >= 15 is 0 Å². The van der Waals surface area contributed by atoms with Crippen LogP contribution in [0.1, 0.15) is 20.3 Å². The SMILES string of the molecule is CC(C)CN1CCOC(COC(=O)CCSc2ccccc2F)C1. The number of nitrogens with zero attached hydrogens (tertiary/aromatic N) is 1. The lowest BCUT2D eigenvalue weighted by molar-refractivity contribution is -0.150. The van der Waals surface area contributed by atoms with Crippen molar-refractivity contribution >= 4 is 17.7 Å². The molecular weight excluding hydrogens is 329 g/mol. The molecule has 1 atom stereocenters. The summed E-state index contributed by atoms with van der Waals surface area (Å²) in [6, 6.07) is 6.57. The highest BCUT2D eigenvalue weighted by atomic mass is 32.2. The highest BCUT2D eigenvalue weighted by Crippen LogP contribution is 2.21. The summed E-state index contributed by atoms with van der Waals surface area (Å²) in [6.07, 6.45) is 0.210. The van der Waals surface area contributed by atoms with E-state index in [9.17, 15) is 9.18 Å². The van der Waals surface area contributed by atoms with Crippen molar-refractivity contribution in [2.45, 2.75) is 31.3 Å². The fraction of sp³-hybridized carbons (Fsp3) is 0.611. The molecule has 1 aromatic carbocycles. The zero-order valence-electron chi connectivity index (χ0n) is 14.4. The molecule has 0 aliphatic carbocycles. The topological polar surface area (TPSA) is 38.8 Å². The maximum atomic E-state index is 13.5. The van der Waals surface area contributed by atoms with Crippen LogP contribution < -0.4 is 0 Å². The average Bonchev–Trinajstić information content (AvgIpc) is 2.54. The quantitative estimate of drug-likeness (QED) is 0.529. The molecule has 4 nitrogen and oxygen atoms in total. The van der Waals surface area contributed by atoms with E-state index in [4.69, 9.17) is 9.47 Å². The summed E-state index contributed by atoms with van der Waals surface area (Å²) < 4.78 is 24.4. The number of hydrogen-bond acceptors (Lipinski definition) is 5. The molecule has 1 saturated heterocycles. The maximum absolute atomic E-state index is 13.5. The number of esters is 1. The summed E-state index contributed by atoms with van der Waals surface area (Å²) in [6.45, 7) is 8.12. The Labute approximate surface area is 147 Å². The monoisotopic (exact) mass is 355 g/mol. The van der Waals surface area contributed by atoms with Crippen molar-refractivity contribution < 1.29 is 18.7 Å². The zero-order chi connectivity index (χ0) is 17.4. The Balaban J connectivity index is 1.63. The van der Waals surface area contributed by atoms with Gasteiger partial charge in [0.2, 0.25) is 0 Å². The van der Waals surface area contributed by atoms with Crippen molar-refractivity contribution in [2.75, 3.05) is 38.6 Å². The highest BCUT2D eigenvalue weighted by molar-refractivity contribution is 7.99. The summed E-state index contributed by atoms with van der Waals surface area (Å²) in [5.41, 5.74) is 0. The van der Waals surface area contributed by atoms with Gasteiger partial charge < -0.3 is 9.47 Å². The van der Waals surface area contributed by atoms with E-state index < -0.39 is 0 Å². The first-order chi connectivity index (χ1) is 11.5. The molecule has 0 radical (unpaired) electrons. The van der Waals surface area contributed by atoms with Crippen LogP contribution in [0.3, 0.4) is 0 Å². The fourth-order valence-corrected chi connectivity index (χ4v) is 3.50. The van der Waals surface area contributed by atoms with E-state index in [1.807, 2.05) is 0 Å². The van der Waals surface area contributed by atoms with Gasteiger partial charge in [-0.2, -0.15) is 0 Å². The number of carbonyl (C=O) groups is 1. The van der Waals surface area contributed by atoms with Gasteiger partial charge >= 0.3 is 5.97 Å². The number of thioether (sulfide) groups is 1. The number of ether oxygens (including phenoxy) is 2. The van der Waals surface area contributed by atoms with Gasteiger partial charge in [-0.05, 0) is 18.1 Å². The van der Waals surface area contributed by atoms with Gasteiger partial charge in [-0.1, -0.05) is 26.0 Å². The molecule has 2 rings (SSSR count).